The topological polar surface area (TPSA) is 97.1 Å². The summed E-state index contributed by atoms with van der Waals surface area (Å²) in [6.45, 7) is 10.0. The van der Waals surface area contributed by atoms with Crippen molar-refractivity contribution in [3.05, 3.63) is 46.4 Å². The molecule has 4 aromatic rings. The van der Waals surface area contributed by atoms with Crippen molar-refractivity contribution in [1.29, 1.82) is 5.26 Å². The molecular formula is C28H27FN4O3S2. The maximum Gasteiger partial charge on any atom is 0.412 e. The van der Waals surface area contributed by atoms with Gasteiger partial charge in [-0.05, 0) is 67.3 Å². The number of benzene rings is 2. The first kappa shape index (κ1) is 26.4. The van der Waals surface area contributed by atoms with Crippen molar-refractivity contribution < 1.29 is 18.7 Å². The SMILES string of the molecule is CCSc1ncc2c3c(c(-c4c(F)ccc5sc(NC(=O)OC(C)(C)C)c(C#N)c45)c(CC)c2n1)COC3. The third kappa shape index (κ3) is 4.59. The molecule has 7 nitrogen and oxygen atoms in total. The van der Waals surface area contributed by atoms with Crippen LogP contribution in [0.2, 0.25) is 0 Å². The quantitative estimate of drug-likeness (QED) is 0.202. The molecular weight excluding hydrogens is 523 g/mol. The van der Waals surface area contributed by atoms with E-state index in [2.05, 4.69) is 16.4 Å². The molecule has 0 spiro atoms. The first-order chi connectivity index (χ1) is 18.2. The molecule has 0 bridgehead atoms. The van der Waals surface area contributed by atoms with Gasteiger partial charge in [0, 0.05) is 27.2 Å². The number of nitrogens with one attached hydrogen (secondary N) is 1. The number of halogens is 1. The van der Waals surface area contributed by atoms with Gasteiger partial charge in [-0.25, -0.2) is 19.2 Å². The zero-order valence-electron chi connectivity index (χ0n) is 21.8. The molecule has 1 N–H and O–H groups in total. The lowest BCUT2D eigenvalue weighted by molar-refractivity contribution is 0.0636. The number of anilines is 1. The van der Waals surface area contributed by atoms with Gasteiger partial charge in [0.25, 0.3) is 0 Å². The Morgan fingerprint density at radius 3 is 2.71 bits per heavy atom. The van der Waals surface area contributed by atoms with Crippen LogP contribution in [0.5, 0.6) is 0 Å². The van der Waals surface area contributed by atoms with E-state index < -0.39 is 17.5 Å². The molecule has 2 aromatic carbocycles. The smallest absolute Gasteiger partial charge is 0.412 e. The zero-order chi connectivity index (χ0) is 27.2. The van der Waals surface area contributed by atoms with Gasteiger partial charge in [-0.15, -0.1) is 11.3 Å². The minimum absolute atomic E-state index is 0.199. The monoisotopic (exact) mass is 550 g/mol. The summed E-state index contributed by atoms with van der Waals surface area (Å²) in [5.41, 5.74) is 4.02. The van der Waals surface area contributed by atoms with Gasteiger partial charge in [-0.2, -0.15) is 5.26 Å². The Kier molecular flexibility index (Phi) is 7.03. The number of ether oxygens (including phenoxy) is 2. The Morgan fingerprint density at radius 1 is 1.26 bits per heavy atom. The molecule has 3 heterocycles. The second kappa shape index (κ2) is 10.1. The number of thioether (sulfide) groups is 1. The number of hydrogen-bond donors (Lipinski definition) is 1. The molecule has 1 aliphatic rings. The van der Waals surface area contributed by atoms with Gasteiger partial charge in [0.15, 0.2) is 5.16 Å². The summed E-state index contributed by atoms with van der Waals surface area (Å²) in [6, 6.07) is 5.26. The molecule has 5 rings (SSSR count). The predicted octanol–water partition coefficient (Wildman–Crippen LogP) is 7.57. The number of hydrogen-bond acceptors (Lipinski definition) is 8. The molecule has 0 radical (unpaired) electrons. The average Bonchev–Trinajstić information content (AvgIpc) is 3.47. The highest BCUT2D eigenvalue weighted by atomic mass is 32.2. The summed E-state index contributed by atoms with van der Waals surface area (Å²) < 4.78 is 27.8. The number of aromatic nitrogens is 2. The van der Waals surface area contributed by atoms with E-state index in [-0.39, 0.29) is 5.56 Å². The Balaban J connectivity index is 1.81. The van der Waals surface area contributed by atoms with Gasteiger partial charge in [0.2, 0.25) is 0 Å². The molecule has 0 aliphatic carbocycles. The molecule has 196 valence electrons. The summed E-state index contributed by atoms with van der Waals surface area (Å²) >= 11 is 2.77. The van der Waals surface area contributed by atoms with Crippen LogP contribution in [0.1, 0.15) is 56.9 Å². The standard InChI is InChI=1S/C28H27FN4O3S2/c1-6-14-21(18-13-35-12-17(18)16-11-31-26(37-7-2)32-24(14)16)23-19(29)8-9-20-22(23)15(10-30)25(38-20)33-27(34)36-28(3,4)5/h8-9,11H,6-7,12-13H2,1-5H3,(H,33,34). The number of thiophene rings is 1. The van der Waals surface area contributed by atoms with E-state index in [1.54, 1.807) is 38.6 Å². The van der Waals surface area contributed by atoms with Crippen molar-refractivity contribution in [3.8, 4) is 17.2 Å². The van der Waals surface area contributed by atoms with Crippen molar-refractivity contribution >= 4 is 55.2 Å². The van der Waals surface area contributed by atoms with Crippen molar-refractivity contribution in [2.45, 2.75) is 65.0 Å². The van der Waals surface area contributed by atoms with Crippen molar-refractivity contribution in [2.24, 2.45) is 0 Å². The highest BCUT2D eigenvalue weighted by Crippen LogP contribution is 2.47. The van der Waals surface area contributed by atoms with Crippen LogP contribution in [-0.4, -0.2) is 27.4 Å². The lowest BCUT2D eigenvalue weighted by Gasteiger charge is -2.19. The fourth-order valence-electron chi connectivity index (χ4n) is 4.86. The van der Waals surface area contributed by atoms with Crippen LogP contribution in [0.4, 0.5) is 14.2 Å². The third-order valence-electron chi connectivity index (χ3n) is 6.25. The van der Waals surface area contributed by atoms with Crippen LogP contribution < -0.4 is 5.32 Å². The minimum atomic E-state index is -0.705. The van der Waals surface area contributed by atoms with E-state index in [1.165, 1.54) is 17.4 Å². The number of nitrogens with zero attached hydrogens (tertiary/aromatic N) is 3. The van der Waals surface area contributed by atoms with E-state index in [1.807, 2.05) is 20.0 Å². The molecule has 0 fully saturated rings. The largest absolute Gasteiger partial charge is 0.444 e. The van der Waals surface area contributed by atoms with Crippen LogP contribution in [0.3, 0.4) is 0 Å². The maximum absolute atomic E-state index is 15.9. The van der Waals surface area contributed by atoms with Crippen LogP contribution in [0.25, 0.3) is 32.1 Å². The van der Waals surface area contributed by atoms with Gasteiger partial charge < -0.3 is 9.47 Å². The first-order valence-electron chi connectivity index (χ1n) is 12.4. The lowest BCUT2D eigenvalue weighted by Crippen LogP contribution is -2.27. The summed E-state index contributed by atoms with van der Waals surface area (Å²) in [5.74, 6) is 0.381. The molecule has 0 unspecified atom stereocenters. The van der Waals surface area contributed by atoms with Crippen molar-refractivity contribution in [3.63, 3.8) is 0 Å². The summed E-state index contributed by atoms with van der Waals surface area (Å²) in [7, 11) is 0. The van der Waals surface area contributed by atoms with Crippen LogP contribution >= 0.6 is 23.1 Å². The molecule has 1 aliphatic heterocycles. The number of aryl methyl sites for hydroxylation is 1. The summed E-state index contributed by atoms with van der Waals surface area (Å²) in [4.78, 5) is 21.9. The normalized spacial score (nSPS) is 13.1. The number of fused-ring (bicyclic) bond motifs is 4. The van der Waals surface area contributed by atoms with Gasteiger partial charge >= 0.3 is 6.09 Å². The molecule has 10 heteroatoms. The van der Waals surface area contributed by atoms with E-state index in [9.17, 15) is 10.1 Å². The second-order valence-electron chi connectivity index (χ2n) is 9.85. The Hall–Kier alpha value is -3.26. The van der Waals surface area contributed by atoms with Gasteiger partial charge in [0.05, 0.1) is 24.3 Å². The second-order valence-corrected chi connectivity index (χ2v) is 12.1. The van der Waals surface area contributed by atoms with Gasteiger partial charge in [0.1, 0.15) is 22.5 Å². The molecule has 0 saturated heterocycles. The Labute approximate surface area is 228 Å². The molecule has 0 saturated carbocycles. The Morgan fingerprint density at radius 2 is 2.03 bits per heavy atom. The minimum Gasteiger partial charge on any atom is -0.444 e. The zero-order valence-corrected chi connectivity index (χ0v) is 23.5. The fourth-order valence-corrected chi connectivity index (χ4v) is 6.44. The van der Waals surface area contributed by atoms with Crippen LogP contribution in [0.15, 0.2) is 23.5 Å². The summed E-state index contributed by atoms with van der Waals surface area (Å²) in [6.07, 6.45) is 1.76. The summed E-state index contributed by atoms with van der Waals surface area (Å²) in [5, 5.41) is 15.2. The lowest BCUT2D eigenvalue weighted by atomic mass is 9.86. The van der Waals surface area contributed by atoms with Crippen LogP contribution in [-0.2, 0) is 29.1 Å². The van der Waals surface area contributed by atoms with Crippen molar-refractivity contribution in [1.82, 2.24) is 9.97 Å². The van der Waals surface area contributed by atoms with Crippen molar-refractivity contribution in [2.75, 3.05) is 11.1 Å². The highest BCUT2D eigenvalue weighted by Gasteiger charge is 2.30. The first-order valence-corrected chi connectivity index (χ1v) is 14.2. The molecule has 2 aromatic heterocycles. The number of carbonyl (C=O) groups is 1. The molecule has 0 atom stereocenters. The number of rotatable bonds is 5. The number of amides is 1. The predicted molar refractivity (Wildman–Crippen MR) is 149 cm³/mol. The van der Waals surface area contributed by atoms with Crippen LogP contribution in [0, 0.1) is 17.1 Å². The maximum atomic E-state index is 15.9. The number of nitriles is 1. The van der Waals surface area contributed by atoms with Gasteiger partial charge in [-0.1, -0.05) is 25.6 Å². The van der Waals surface area contributed by atoms with E-state index in [4.69, 9.17) is 14.5 Å². The third-order valence-corrected chi connectivity index (χ3v) is 8.06. The molecule has 1 amide bonds. The molecule has 38 heavy (non-hydrogen) atoms. The number of carbonyl (C=O) groups excluding carboxylic acids is 1. The van der Waals surface area contributed by atoms with E-state index in [0.717, 1.165) is 33.3 Å². The van der Waals surface area contributed by atoms with E-state index >= 15 is 4.39 Å². The Bertz CT molecular complexity index is 1640. The average molecular weight is 551 g/mol. The fraction of sp³-hybridized carbons (Fsp3) is 0.357. The highest BCUT2D eigenvalue weighted by molar-refractivity contribution is 7.99. The van der Waals surface area contributed by atoms with Gasteiger partial charge in [-0.3, -0.25) is 5.32 Å². The van der Waals surface area contributed by atoms with E-state index in [0.29, 0.717) is 51.0 Å².